The highest BCUT2D eigenvalue weighted by Gasteiger charge is 2.32. The van der Waals surface area contributed by atoms with Gasteiger partial charge in [-0.05, 0) is 19.1 Å². The summed E-state index contributed by atoms with van der Waals surface area (Å²) in [7, 11) is 3.34. The number of para-hydroxylation sites is 2. The number of hydrogen-bond acceptors (Lipinski definition) is 3. The summed E-state index contributed by atoms with van der Waals surface area (Å²) in [6, 6.07) is 7.24. The number of benzene rings is 1. The van der Waals surface area contributed by atoms with Crippen molar-refractivity contribution >= 4 is 17.5 Å². The molecule has 2 amide bonds. The summed E-state index contributed by atoms with van der Waals surface area (Å²) in [5.41, 5.74) is 0.649. The molecule has 1 atom stereocenters. The van der Waals surface area contributed by atoms with Crippen LogP contribution in [0.1, 0.15) is 6.92 Å². The Labute approximate surface area is 106 Å². The largest absolute Gasteiger partial charge is 0.479 e. The second-order valence-corrected chi connectivity index (χ2v) is 4.44. The molecule has 0 bridgehead atoms. The zero-order chi connectivity index (χ0) is 13.3. The Balaban J connectivity index is 2.33. The molecule has 0 aliphatic carbocycles. The highest BCUT2D eigenvalue weighted by molar-refractivity contribution is 6.03. The van der Waals surface area contributed by atoms with Crippen molar-refractivity contribution in [2.45, 2.75) is 13.0 Å². The molecule has 0 fully saturated rings. The molecule has 2 rings (SSSR count). The molecule has 5 heteroatoms. The van der Waals surface area contributed by atoms with Gasteiger partial charge in [0.15, 0.2) is 6.10 Å². The maximum atomic E-state index is 12.1. The SMILES string of the molecule is C[C@@H]1Oc2ccccc2N(CC(=O)N(C)C)C1=O. The number of ether oxygens (including phenoxy) is 1. The summed E-state index contributed by atoms with van der Waals surface area (Å²) in [5, 5.41) is 0. The molecule has 1 aromatic carbocycles. The molecule has 1 aliphatic rings. The van der Waals surface area contributed by atoms with Crippen LogP contribution in [-0.2, 0) is 9.59 Å². The van der Waals surface area contributed by atoms with E-state index in [0.717, 1.165) is 0 Å². The van der Waals surface area contributed by atoms with Gasteiger partial charge >= 0.3 is 0 Å². The lowest BCUT2D eigenvalue weighted by molar-refractivity contribution is -0.131. The van der Waals surface area contributed by atoms with Gasteiger partial charge in [0.1, 0.15) is 12.3 Å². The monoisotopic (exact) mass is 248 g/mol. The van der Waals surface area contributed by atoms with Crippen LogP contribution >= 0.6 is 0 Å². The van der Waals surface area contributed by atoms with E-state index in [9.17, 15) is 9.59 Å². The second-order valence-electron chi connectivity index (χ2n) is 4.44. The van der Waals surface area contributed by atoms with Crippen molar-refractivity contribution in [1.29, 1.82) is 0 Å². The summed E-state index contributed by atoms with van der Waals surface area (Å²) < 4.78 is 5.50. The van der Waals surface area contributed by atoms with Crippen LogP contribution in [0.5, 0.6) is 5.75 Å². The Morgan fingerprint density at radius 1 is 1.39 bits per heavy atom. The number of fused-ring (bicyclic) bond motifs is 1. The molecular weight excluding hydrogens is 232 g/mol. The lowest BCUT2D eigenvalue weighted by atomic mass is 10.2. The predicted molar refractivity (Wildman–Crippen MR) is 67.6 cm³/mol. The van der Waals surface area contributed by atoms with Crippen LogP contribution in [-0.4, -0.2) is 43.5 Å². The molecule has 1 heterocycles. The molecule has 1 aromatic rings. The second kappa shape index (κ2) is 4.68. The van der Waals surface area contributed by atoms with Gasteiger partial charge in [0.25, 0.3) is 5.91 Å². The van der Waals surface area contributed by atoms with Gasteiger partial charge in [-0.15, -0.1) is 0 Å². The molecule has 0 N–H and O–H groups in total. The number of carbonyl (C=O) groups is 2. The minimum absolute atomic E-state index is 0.0382. The molecular formula is C13H16N2O3. The number of rotatable bonds is 2. The Morgan fingerprint density at radius 3 is 2.72 bits per heavy atom. The normalized spacial score (nSPS) is 18.1. The molecule has 0 saturated carbocycles. The molecule has 18 heavy (non-hydrogen) atoms. The minimum atomic E-state index is -0.560. The highest BCUT2D eigenvalue weighted by Crippen LogP contribution is 2.33. The predicted octanol–water partition coefficient (Wildman–Crippen LogP) is 0.889. The van der Waals surface area contributed by atoms with Crippen LogP contribution in [0, 0.1) is 0 Å². The summed E-state index contributed by atoms with van der Waals surface area (Å²) in [6.45, 7) is 1.72. The van der Waals surface area contributed by atoms with Crippen molar-refractivity contribution in [3.63, 3.8) is 0 Å². The van der Waals surface area contributed by atoms with Gasteiger partial charge in [0, 0.05) is 14.1 Å². The lowest BCUT2D eigenvalue weighted by Gasteiger charge is -2.33. The number of amides is 2. The average molecular weight is 248 g/mol. The van der Waals surface area contributed by atoms with Crippen molar-refractivity contribution in [1.82, 2.24) is 4.90 Å². The molecule has 0 unspecified atom stereocenters. The van der Waals surface area contributed by atoms with Gasteiger partial charge in [0.05, 0.1) is 5.69 Å². The van der Waals surface area contributed by atoms with Crippen LogP contribution in [0.4, 0.5) is 5.69 Å². The van der Waals surface area contributed by atoms with E-state index < -0.39 is 6.10 Å². The van der Waals surface area contributed by atoms with E-state index in [1.165, 1.54) is 9.80 Å². The first kappa shape index (κ1) is 12.4. The molecule has 1 aliphatic heterocycles. The van der Waals surface area contributed by atoms with Gasteiger partial charge in [-0.1, -0.05) is 12.1 Å². The zero-order valence-electron chi connectivity index (χ0n) is 10.7. The van der Waals surface area contributed by atoms with Gasteiger partial charge in [-0.25, -0.2) is 0 Å². The van der Waals surface area contributed by atoms with Gasteiger partial charge in [-0.3, -0.25) is 14.5 Å². The van der Waals surface area contributed by atoms with Crippen molar-refractivity contribution in [2.75, 3.05) is 25.5 Å². The van der Waals surface area contributed by atoms with E-state index in [1.807, 2.05) is 12.1 Å². The van der Waals surface area contributed by atoms with Crippen LogP contribution in [0.25, 0.3) is 0 Å². The van der Waals surface area contributed by atoms with Gasteiger partial charge in [0.2, 0.25) is 5.91 Å². The van der Waals surface area contributed by atoms with Crippen LogP contribution in [0.3, 0.4) is 0 Å². The van der Waals surface area contributed by atoms with Gasteiger partial charge < -0.3 is 9.64 Å². The topological polar surface area (TPSA) is 49.9 Å². The third-order valence-corrected chi connectivity index (χ3v) is 2.87. The Hall–Kier alpha value is -2.04. The van der Waals surface area contributed by atoms with Crippen LogP contribution in [0.15, 0.2) is 24.3 Å². The van der Waals surface area contributed by atoms with E-state index in [-0.39, 0.29) is 18.4 Å². The number of hydrogen-bond donors (Lipinski definition) is 0. The maximum absolute atomic E-state index is 12.1. The number of carbonyl (C=O) groups excluding carboxylic acids is 2. The van der Waals surface area contributed by atoms with Crippen LogP contribution in [0.2, 0.25) is 0 Å². The van der Waals surface area contributed by atoms with Crippen molar-refractivity contribution in [3.05, 3.63) is 24.3 Å². The van der Waals surface area contributed by atoms with E-state index in [0.29, 0.717) is 11.4 Å². The molecule has 0 aromatic heterocycles. The quantitative estimate of drug-likeness (QED) is 0.781. The number of anilines is 1. The molecule has 0 radical (unpaired) electrons. The van der Waals surface area contributed by atoms with E-state index in [4.69, 9.17) is 4.74 Å². The smallest absolute Gasteiger partial charge is 0.268 e. The molecule has 5 nitrogen and oxygen atoms in total. The third-order valence-electron chi connectivity index (χ3n) is 2.87. The summed E-state index contributed by atoms with van der Waals surface area (Å²) >= 11 is 0. The van der Waals surface area contributed by atoms with Crippen LogP contribution < -0.4 is 9.64 Å². The van der Waals surface area contributed by atoms with E-state index in [1.54, 1.807) is 33.2 Å². The number of nitrogens with zero attached hydrogens (tertiary/aromatic N) is 2. The van der Waals surface area contributed by atoms with Crippen molar-refractivity contribution in [2.24, 2.45) is 0 Å². The first-order valence-electron chi connectivity index (χ1n) is 5.78. The molecule has 0 saturated heterocycles. The van der Waals surface area contributed by atoms with Crippen molar-refractivity contribution in [3.8, 4) is 5.75 Å². The standard InChI is InChI=1S/C13H16N2O3/c1-9-13(17)15(8-12(16)14(2)3)10-6-4-5-7-11(10)18-9/h4-7,9H,8H2,1-3H3/t9-/m0/s1. The summed E-state index contributed by atoms with van der Waals surface area (Å²) in [5.74, 6) is 0.326. The van der Waals surface area contributed by atoms with E-state index in [2.05, 4.69) is 0 Å². The van der Waals surface area contributed by atoms with Gasteiger partial charge in [-0.2, -0.15) is 0 Å². The Bertz CT molecular complexity index is 485. The highest BCUT2D eigenvalue weighted by atomic mass is 16.5. The fraction of sp³-hybridized carbons (Fsp3) is 0.385. The Morgan fingerprint density at radius 2 is 2.06 bits per heavy atom. The van der Waals surface area contributed by atoms with Crippen molar-refractivity contribution < 1.29 is 14.3 Å². The molecule has 0 spiro atoms. The minimum Gasteiger partial charge on any atom is -0.479 e. The molecule has 96 valence electrons. The fourth-order valence-corrected chi connectivity index (χ4v) is 1.80. The fourth-order valence-electron chi connectivity index (χ4n) is 1.80. The first-order valence-corrected chi connectivity index (χ1v) is 5.78. The third kappa shape index (κ3) is 2.16. The Kier molecular flexibility index (Phi) is 3.23. The summed E-state index contributed by atoms with van der Waals surface area (Å²) in [6.07, 6.45) is -0.560. The number of likely N-dealkylation sites (N-methyl/N-ethyl adjacent to an activating group) is 1. The first-order chi connectivity index (χ1) is 8.50. The lowest BCUT2D eigenvalue weighted by Crippen LogP contribution is -2.48. The average Bonchev–Trinajstić information content (AvgIpc) is 2.34. The van der Waals surface area contributed by atoms with E-state index >= 15 is 0 Å². The maximum Gasteiger partial charge on any atom is 0.268 e. The summed E-state index contributed by atoms with van der Waals surface area (Å²) in [4.78, 5) is 26.8. The zero-order valence-corrected chi connectivity index (χ0v) is 10.7.